The average molecular weight is 219 g/mol. The topological polar surface area (TPSA) is 12.4 Å². The maximum atomic E-state index is 12.7. The molecule has 0 aromatic heterocycles. The van der Waals surface area contributed by atoms with Gasteiger partial charge in [0.1, 0.15) is 5.82 Å². The minimum Gasteiger partial charge on any atom is -0.289 e. The quantitative estimate of drug-likeness (QED) is 0.682. The van der Waals surface area contributed by atoms with Crippen LogP contribution in [0.5, 0.6) is 0 Å². The lowest BCUT2D eigenvalue weighted by molar-refractivity contribution is 0.506. The Morgan fingerprint density at radius 3 is 2.44 bits per heavy atom. The summed E-state index contributed by atoms with van der Waals surface area (Å²) in [5.74, 6) is -0.191. The fraction of sp³-hybridized carbons (Fsp3) is 0.500. The SMILES string of the molecule is CCC1(CN=C(C)c2ccc(F)cc2)CC1. The fourth-order valence-electron chi connectivity index (χ4n) is 1.87. The molecule has 1 aliphatic rings. The number of aliphatic imine (C=N–C) groups is 1. The Morgan fingerprint density at radius 1 is 1.31 bits per heavy atom. The summed E-state index contributed by atoms with van der Waals surface area (Å²) in [7, 11) is 0. The van der Waals surface area contributed by atoms with Crippen LogP contribution in [0.25, 0.3) is 0 Å². The summed E-state index contributed by atoms with van der Waals surface area (Å²) in [6.45, 7) is 5.15. The largest absolute Gasteiger partial charge is 0.289 e. The van der Waals surface area contributed by atoms with Gasteiger partial charge in [-0.25, -0.2) is 4.39 Å². The molecule has 0 saturated heterocycles. The zero-order valence-electron chi connectivity index (χ0n) is 9.96. The van der Waals surface area contributed by atoms with E-state index in [2.05, 4.69) is 11.9 Å². The number of benzene rings is 1. The molecule has 0 radical (unpaired) electrons. The summed E-state index contributed by atoms with van der Waals surface area (Å²) >= 11 is 0. The number of hydrogen-bond donors (Lipinski definition) is 0. The Bertz CT molecular complexity index is 388. The molecule has 0 unspecified atom stereocenters. The highest BCUT2D eigenvalue weighted by molar-refractivity contribution is 5.98. The van der Waals surface area contributed by atoms with E-state index in [-0.39, 0.29) is 5.82 Å². The van der Waals surface area contributed by atoms with E-state index in [1.165, 1.54) is 31.4 Å². The predicted octanol–water partition coefficient (Wildman–Crippen LogP) is 3.82. The van der Waals surface area contributed by atoms with Crippen LogP contribution in [0.2, 0.25) is 0 Å². The second-order valence-corrected chi connectivity index (χ2v) is 4.76. The molecule has 2 heteroatoms. The third-order valence-electron chi connectivity index (χ3n) is 3.62. The molecule has 0 aliphatic heterocycles. The van der Waals surface area contributed by atoms with E-state index in [0.717, 1.165) is 17.8 Å². The monoisotopic (exact) mass is 219 g/mol. The fourth-order valence-corrected chi connectivity index (χ4v) is 1.87. The van der Waals surface area contributed by atoms with Gasteiger partial charge in [0.15, 0.2) is 0 Å². The smallest absolute Gasteiger partial charge is 0.123 e. The summed E-state index contributed by atoms with van der Waals surface area (Å²) in [6.07, 6.45) is 3.83. The molecule has 1 nitrogen and oxygen atoms in total. The Morgan fingerprint density at radius 2 is 1.94 bits per heavy atom. The first-order valence-corrected chi connectivity index (χ1v) is 5.92. The number of hydrogen-bond acceptors (Lipinski definition) is 1. The molecule has 0 bridgehead atoms. The van der Waals surface area contributed by atoms with Crippen molar-refractivity contribution in [2.24, 2.45) is 10.4 Å². The molecule has 0 atom stereocenters. The van der Waals surface area contributed by atoms with Crippen molar-refractivity contribution in [2.75, 3.05) is 6.54 Å². The van der Waals surface area contributed by atoms with E-state index in [4.69, 9.17) is 0 Å². The van der Waals surface area contributed by atoms with Gasteiger partial charge in [-0.1, -0.05) is 19.1 Å². The van der Waals surface area contributed by atoms with Crippen molar-refractivity contribution >= 4 is 5.71 Å². The summed E-state index contributed by atoms with van der Waals surface area (Å²) in [5, 5.41) is 0. The normalized spacial score (nSPS) is 18.6. The van der Waals surface area contributed by atoms with Crippen molar-refractivity contribution in [3.8, 4) is 0 Å². The van der Waals surface area contributed by atoms with E-state index < -0.39 is 0 Å². The van der Waals surface area contributed by atoms with E-state index >= 15 is 0 Å². The first-order valence-electron chi connectivity index (χ1n) is 5.92. The minimum absolute atomic E-state index is 0.191. The van der Waals surface area contributed by atoms with Crippen molar-refractivity contribution in [1.82, 2.24) is 0 Å². The molecular weight excluding hydrogens is 201 g/mol. The number of halogens is 1. The van der Waals surface area contributed by atoms with Gasteiger partial charge in [0.2, 0.25) is 0 Å². The first-order chi connectivity index (χ1) is 7.65. The molecule has 1 aliphatic carbocycles. The van der Waals surface area contributed by atoms with Gasteiger partial charge in [0, 0.05) is 12.3 Å². The van der Waals surface area contributed by atoms with Gasteiger partial charge in [-0.05, 0) is 49.3 Å². The highest BCUT2D eigenvalue weighted by Crippen LogP contribution is 2.48. The van der Waals surface area contributed by atoms with E-state index in [9.17, 15) is 4.39 Å². The molecule has 0 spiro atoms. The van der Waals surface area contributed by atoms with Crippen LogP contribution in [0.15, 0.2) is 29.3 Å². The van der Waals surface area contributed by atoms with Gasteiger partial charge >= 0.3 is 0 Å². The maximum Gasteiger partial charge on any atom is 0.123 e. The Kier molecular flexibility index (Phi) is 3.08. The maximum absolute atomic E-state index is 12.7. The lowest BCUT2D eigenvalue weighted by Crippen LogP contribution is -2.06. The van der Waals surface area contributed by atoms with E-state index in [1.807, 2.05) is 6.92 Å². The molecule has 16 heavy (non-hydrogen) atoms. The van der Waals surface area contributed by atoms with Gasteiger partial charge in [-0.2, -0.15) is 0 Å². The molecule has 0 N–H and O–H groups in total. The van der Waals surface area contributed by atoms with Gasteiger partial charge in [-0.15, -0.1) is 0 Å². The standard InChI is InChI=1S/C14H18FN/c1-3-14(8-9-14)10-16-11(2)12-4-6-13(15)7-5-12/h4-7H,3,8-10H2,1-2H3. The van der Waals surface area contributed by atoms with Gasteiger partial charge < -0.3 is 0 Å². The van der Waals surface area contributed by atoms with Crippen molar-refractivity contribution in [3.05, 3.63) is 35.6 Å². The predicted molar refractivity (Wildman–Crippen MR) is 65.4 cm³/mol. The lowest BCUT2D eigenvalue weighted by Gasteiger charge is -2.09. The lowest BCUT2D eigenvalue weighted by atomic mass is 10.0. The highest BCUT2D eigenvalue weighted by Gasteiger charge is 2.40. The van der Waals surface area contributed by atoms with Crippen LogP contribution in [0.1, 0.15) is 38.7 Å². The second-order valence-electron chi connectivity index (χ2n) is 4.76. The summed E-state index contributed by atoms with van der Waals surface area (Å²) in [4.78, 5) is 4.62. The van der Waals surface area contributed by atoms with Crippen LogP contribution in [-0.4, -0.2) is 12.3 Å². The van der Waals surface area contributed by atoms with Crippen molar-refractivity contribution < 1.29 is 4.39 Å². The average Bonchev–Trinajstić information content (AvgIpc) is 3.08. The molecule has 1 aromatic rings. The molecule has 1 saturated carbocycles. The third kappa shape index (κ3) is 2.49. The molecule has 1 fully saturated rings. The Hall–Kier alpha value is -1.18. The van der Waals surface area contributed by atoms with Gasteiger partial charge in [0.25, 0.3) is 0 Å². The van der Waals surface area contributed by atoms with Crippen molar-refractivity contribution in [3.63, 3.8) is 0 Å². The second kappa shape index (κ2) is 4.36. The zero-order chi connectivity index (χ0) is 11.6. The first kappa shape index (κ1) is 11.3. The summed E-state index contributed by atoms with van der Waals surface area (Å²) in [6, 6.07) is 6.56. The number of nitrogens with zero attached hydrogens (tertiary/aromatic N) is 1. The summed E-state index contributed by atoms with van der Waals surface area (Å²) < 4.78 is 12.7. The van der Waals surface area contributed by atoms with Crippen LogP contribution in [0.3, 0.4) is 0 Å². The summed E-state index contributed by atoms with van der Waals surface area (Å²) in [5.41, 5.74) is 2.52. The molecule has 0 heterocycles. The Balaban J connectivity index is 2.04. The molecular formula is C14H18FN. The molecule has 86 valence electrons. The van der Waals surface area contributed by atoms with Crippen molar-refractivity contribution in [2.45, 2.75) is 33.1 Å². The van der Waals surface area contributed by atoms with Crippen LogP contribution < -0.4 is 0 Å². The van der Waals surface area contributed by atoms with Gasteiger partial charge in [-0.3, -0.25) is 4.99 Å². The number of rotatable bonds is 4. The minimum atomic E-state index is -0.191. The van der Waals surface area contributed by atoms with Crippen molar-refractivity contribution in [1.29, 1.82) is 0 Å². The third-order valence-corrected chi connectivity index (χ3v) is 3.62. The highest BCUT2D eigenvalue weighted by atomic mass is 19.1. The molecule has 0 amide bonds. The Labute approximate surface area is 96.4 Å². The van der Waals surface area contributed by atoms with E-state index in [1.54, 1.807) is 12.1 Å². The molecule has 2 rings (SSSR count). The van der Waals surface area contributed by atoms with Crippen LogP contribution >= 0.6 is 0 Å². The van der Waals surface area contributed by atoms with Crippen LogP contribution in [0.4, 0.5) is 4.39 Å². The van der Waals surface area contributed by atoms with Gasteiger partial charge in [0.05, 0.1) is 0 Å². The van der Waals surface area contributed by atoms with Crippen LogP contribution in [0, 0.1) is 11.2 Å². The van der Waals surface area contributed by atoms with E-state index in [0.29, 0.717) is 5.41 Å². The zero-order valence-corrected chi connectivity index (χ0v) is 9.96. The van der Waals surface area contributed by atoms with Crippen LogP contribution in [-0.2, 0) is 0 Å². The molecule has 1 aromatic carbocycles.